The summed E-state index contributed by atoms with van der Waals surface area (Å²) >= 11 is 0. The Hall–Kier alpha value is -1.32. The molecule has 0 aliphatic heterocycles. The van der Waals surface area contributed by atoms with Gasteiger partial charge in [-0.2, -0.15) is 4.98 Å². The molecule has 1 rings (SSSR count). The minimum absolute atomic E-state index is 0.564. The highest BCUT2D eigenvalue weighted by Crippen LogP contribution is 2.11. The quantitative estimate of drug-likeness (QED) is 0.772. The number of aromatic nitrogens is 2. The van der Waals surface area contributed by atoms with Crippen molar-refractivity contribution >= 4 is 5.82 Å². The maximum Gasteiger partial charge on any atom is 0.234 e. The lowest BCUT2D eigenvalue weighted by molar-refractivity contribution is 0.242. The molecule has 0 aromatic carbocycles. The zero-order chi connectivity index (χ0) is 11.8. The highest BCUT2D eigenvalue weighted by molar-refractivity contribution is 5.32. The summed E-state index contributed by atoms with van der Waals surface area (Å²) in [6, 6.07) is 0. The van der Waals surface area contributed by atoms with E-state index in [2.05, 4.69) is 29.1 Å². The third kappa shape index (κ3) is 4.47. The molecule has 16 heavy (non-hydrogen) atoms. The first-order valence-corrected chi connectivity index (χ1v) is 5.95. The summed E-state index contributed by atoms with van der Waals surface area (Å²) in [6.45, 7) is 7.94. The highest BCUT2D eigenvalue weighted by Gasteiger charge is 2.03. The van der Waals surface area contributed by atoms with E-state index in [1.54, 1.807) is 12.4 Å². The monoisotopic (exact) mass is 223 g/mol. The third-order valence-electron chi connectivity index (χ3n) is 2.27. The van der Waals surface area contributed by atoms with Crippen molar-refractivity contribution in [2.75, 3.05) is 18.5 Å². The average molecular weight is 223 g/mol. The van der Waals surface area contributed by atoms with E-state index in [4.69, 9.17) is 4.74 Å². The van der Waals surface area contributed by atoms with E-state index in [-0.39, 0.29) is 0 Å². The lowest BCUT2D eigenvalue weighted by Crippen LogP contribution is -2.10. The summed E-state index contributed by atoms with van der Waals surface area (Å²) in [5.41, 5.74) is 0. The van der Waals surface area contributed by atoms with Gasteiger partial charge in [0.05, 0.1) is 19.0 Å². The fourth-order valence-corrected chi connectivity index (χ4v) is 1.49. The molecule has 0 amide bonds. The van der Waals surface area contributed by atoms with Crippen LogP contribution in [-0.4, -0.2) is 23.1 Å². The summed E-state index contributed by atoms with van der Waals surface area (Å²) in [5.74, 6) is 1.93. The van der Waals surface area contributed by atoms with Crippen molar-refractivity contribution in [2.24, 2.45) is 5.92 Å². The number of ether oxygens (including phenoxy) is 1. The van der Waals surface area contributed by atoms with E-state index in [0.29, 0.717) is 18.4 Å². The molecule has 0 fully saturated rings. The Morgan fingerprint density at radius 3 is 2.88 bits per heavy atom. The minimum Gasteiger partial charge on any atom is -0.476 e. The summed E-state index contributed by atoms with van der Waals surface area (Å²) in [5, 5.41) is 3.11. The lowest BCUT2D eigenvalue weighted by atomic mass is 10.1. The van der Waals surface area contributed by atoms with Crippen LogP contribution < -0.4 is 10.1 Å². The van der Waals surface area contributed by atoms with Gasteiger partial charge in [-0.25, -0.2) is 0 Å². The van der Waals surface area contributed by atoms with Crippen LogP contribution in [0.1, 0.15) is 33.6 Å². The summed E-state index contributed by atoms with van der Waals surface area (Å²) in [6.07, 6.45) is 5.72. The van der Waals surface area contributed by atoms with Crippen LogP contribution in [0.5, 0.6) is 5.88 Å². The second-order valence-electron chi connectivity index (χ2n) is 3.98. The van der Waals surface area contributed by atoms with Crippen LogP contribution >= 0.6 is 0 Å². The molecule has 4 nitrogen and oxygen atoms in total. The van der Waals surface area contributed by atoms with Gasteiger partial charge >= 0.3 is 0 Å². The maximum absolute atomic E-state index is 5.59. The van der Waals surface area contributed by atoms with Gasteiger partial charge in [-0.3, -0.25) is 4.98 Å². The van der Waals surface area contributed by atoms with Crippen LogP contribution in [0.4, 0.5) is 5.82 Å². The summed E-state index contributed by atoms with van der Waals surface area (Å²) in [4.78, 5) is 8.38. The second kappa shape index (κ2) is 7.04. The van der Waals surface area contributed by atoms with Gasteiger partial charge in [0.25, 0.3) is 0 Å². The van der Waals surface area contributed by atoms with E-state index < -0.39 is 0 Å². The molecule has 0 aliphatic rings. The Bertz CT molecular complexity index is 304. The smallest absolute Gasteiger partial charge is 0.234 e. The fourth-order valence-electron chi connectivity index (χ4n) is 1.49. The molecule has 0 bridgehead atoms. The number of nitrogens with zero attached hydrogens (tertiary/aromatic N) is 2. The lowest BCUT2D eigenvalue weighted by Gasteiger charge is -2.11. The molecule has 4 heteroatoms. The normalized spacial score (nSPS) is 12.2. The van der Waals surface area contributed by atoms with Gasteiger partial charge < -0.3 is 10.1 Å². The number of rotatable bonds is 7. The van der Waals surface area contributed by atoms with Crippen LogP contribution in [0.3, 0.4) is 0 Å². The van der Waals surface area contributed by atoms with E-state index in [0.717, 1.165) is 12.4 Å². The standard InChI is InChI=1S/C12H21N3O/c1-4-6-10(3)9-16-12-8-13-7-11(15-12)14-5-2/h7-8,10H,4-6,9H2,1-3H3,(H,14,15). The van der Waals surface area contributed by atoms with Crippen molar-refractivity contribution in [2.45, 2.75) is 33.6 Å². The zero-order valence-electron chi connectivity index (χ0n) is 10.4. The molecule has 1 aromatic rings. The number of hydrogen-bond donors (Lipinski definition) is 1. The number of hydrogen-bond acceptors (Lipinski definition) is 4. The van der Waals surface area contributed by atoms with Crippen LogP contribution in [-0.2, 0) is 0 Å². The van der Waals surface area contributed by atoms with Gasteiger partial charge in [-0.05, 0) is 19.3 Å². The summed E-state index contributed by atoms with van der Waals surface area (Å²) < 4.78 is 5.59. The van der Waals surface area contributed by atoms with E-state index in [1.807, 2.05) is 6.92 Å². The van der Waals surface area contributed by atoms with Gasteiger partial charge in [0.1, 0.15) is 5.82 Å². The predicted octanol–water partition coefficient (Wildman–Crippen LogP) is 2.72. The predicted molar refractivity (Wildman–Crippen MR) is 65.8 cm³/mol. The van der Waals surface area contributed by atoms with Crippen molar-refractivity contribution in [3.8, 4) is 5.88 Å². The van der Waals surface area contributed by atoms with E-state index in [9.17, 15) is 0 Å². The van der Waals surface area contributed by atoms with Gasteiger partial charge in [-0.15, -0.1) is 0 Å². The van der Waals surface area contributed by atoms with Crippen molar-refractivity contribution in [1.82, 2.24) is 9.97 Å². The highest BCUT2D eigenvalue weighted by atomic mass is 16.5. The molecule has 1 atom stereocenters. The van der Waals surface area contributed by atoms with Crippen LogP contribution in [0.15, 0.2) is 12.4 Å². The molecular formula is C12H21N3O. The van der Waals surface area contributed by atoms with Crippen molar-refractivity contribution in [3.63, 3.8) is 0 Å². The van der Waals surface area contributed by atoms with E-state index >= 15 is 0 Å². The molecule has 0 spiro atoms. The Balaban J connectivity index is 2.44. The zero-order valence-corrected chi connectivity index (χ0v) is 10.4. The molecule has 0 radical (unpaired) electrons. The minimum atomic E-state index is 0.564. The first-order valence-electron chi connectivity index (χ1n) is 5.95. The number of anilines is 1. The first kappa shape index (κ1) is 12.7. The molecular weight excluding hydrogens is 202 g/mol. The molecule has 90 valence electrons. The molecule has 1 unspecified atom stereocenters. The Labute approximate surface area is 97.5 Å². The molecule has 0 saturated heterocycles. The maximum atomic E-state index is 5.59. The largest absolute Gasteiger partial charge is 0.476 e. The van der Waals surface area contributed by atoms with Crippen LogP contribution in [0, 0.1) is 5.92 Å². The third-order valence-corrected chi connectivity index (χ3v) is 2.27. The topological polar surface area (TPSA) is 47.0 Å². The summed E-state index contributed by atoms with van der Waals surface area (Å²) in [7, 11) is 0. The van der Waals surface area contributed by atoms with Gasteiger partial charge in [-0.1, -0.05) is 20.3 Å². The van der Waals surface area contributed by atoms with Crippen molar-refractivity contribution in [1.29, 1.82) is 0 Å². The van der Waals surface area contributed by atoms with Gasteiger partial charge in [0.2, 0.25) is 5.88 Å². The Morgan fingerprint density at radius 1 is 1.38 bits per heavy atom. The Morgan fingerprint density at radius 2 is 2.19 bits per heavy atom. The average Bonchev–Trinajstić information content (AvgIpc) is 2.28. The van der Waals surface area contributed by atoms with Crippen LogP contribution in [0.2, 0.25) is 0 Å². The van der Waals surface area contributed by atoms with Gasteiger partial charge in [0, 0.05) is 6.54 Å². The second-order valence-corrected chi connectivity index (χ2v) is 3.98. The molecule has 0 aliphatic carbocycles. The number of nitrogens with one attached hydrogen (secondary N) is 1. The fraction of sp³-hybridized carbons (Fsp3) is 0.667. The SMILES string of the molecule is CCCC(C)COc1cncc(NCC)n1. The van der Waals surface area contributed by atoms with E-state index in [1.165, 1.54) is 12.8 Å². The van der Waals surface area contributed by atoms with Crippen molar-refractivity contribution < 1.29 is 4.74 Å². The Kier molecular flexibility index (Phi) is 5.61. The first-order chi connectivity index (χ1) is 7.76. The van der Waals surface area contributed by atoms with Gasteiger partial charge in [0.15, 0.2) is 0 Å². The molecule has 0 saturated carbocycles. The molecule has 1 N–H and O–H groups in total. The molecule has 1 heterocycles. The molecule has 1 aromatic heterocycles. The van der Waals surface area contributed by atoms with Crippen LogP contribution in [0.25, 0.3) is 0 Å². The van der Waals surface area contributed by atoms with Crippen molar-refractivity contribution in [3.05, 3.63) is 12.4 Å².